The number of nitrogens with zero attached hydrogens (tertiary/aromatic N) is 2. The van der Waals surface area contributed by atoms with E-state index in [9.17, 15) is 0 Å². The van der Waals surface area contributed by atoms with E-state index in [1.807, 2.05) is 18.0 Å². The van der Waals surface area contributed by atoms with E-state index < -0.39 is 0 Å². The highest BCUT2D eigenvalue weighted by atomic mass is 32.2. The number of aromatic nitrogens is 1. The Bertz CT molecular complexity index is 313. The molecule has 2 rings (SSSR count). The van der Waals surface area contributed by atoms with E-state index in [1.165, 1.54) is 30.1 Å². The molecule has 84 valence electrons. The molecule has 3 nitrogen and oxygen atoms in total. The van der Waals surface area contributed by atoms with Crippen molar-refractivity contribution in [1.29, 1.82) is 0 Å². The lowest BCUT2D eigenvalue weighted by Gasteiger charge is -2.19. The van der Waals surface area contributed by atoms with Gasteiger partial charge in [0.15, 0.2) is 5.13 Å². The lowest BCUT2D eigenvalue weighted by Crippen LogP contribution is -2.28. The first kappa shape index (κ1) is 11.2. The van der Waals surface area contributed by atoms with Crippen LogP contribution in [0.4, 0.5) is 5.13 Å². The zero-order valence-corrected chi connectivity index (χ0v) is 10.6. The predicted octanol–water partition coefficient (Wildman–Crippen LogP) is 2.30. The molecule has 0 spiro atoms. The Morgan fingerprint density at radius 3 is 3.20 bits per heavy atom. The highest BCUT2D eigenvalue weighted by Gasteiger charge is 2.19. The van der Waals surface area contributed by atoms with Gasteiger partial charge in [0, 0.05) is 18.3 Å². The molecule has 0 aliphatic carbocycles. The molecule has 1 aromatic rings. The van der Waals surface area contributed by atoms with Crippen LogP contribution >= 0.6 is 23.1 Å². The molecule has 0 bridgehead atoms. The Morgan fingerprint density at radius 2 is 2.60 bits per heavy atom. The number of hydrogen-bond acceptors (Lipinski definition) is 5. The van der Waals surface area contributed by atoms with Crippen LogP contribution in [0.5, 0.6) is 0 Å². The van der Waals surface area contributed by atoms with Crippen molar-refractivity contribution in [3.05, 3.63) is 6.20 Å². The minimum absolute atomic E-state index is 0.673. The van der Waals surface area contributed by atoms with Crippen LogP contribution in [-0.2, 0) is 0 Å². The third-order valence-corrected chi connectivity index (χ3v) is 4.82. The molecule has 1 saturated heterocycles. The summed E-state index contributed by atoms with van der Waals surface area (Å²) in [5, 5.41) is 0.673. The maximum absolute atomic E-state index is 5.58. The fourth-order valence-electron chi connectivity index (χ4n) is 1.93. The summed E-state index contributed by atoms with van der Waals surface area (Å²) in [6, 6.07) is 0.775. The van der Waals surface area contributed by atoms with Gasteiger partial charge in [-0.05, 0) is 26.3 Å². The standard InChI is InChI=1S/C10H17N3S2/c1-8-3-2-4-13(8)5-6-14-9-7-12-10(11)15-9/h7-8H,2-6H2,1H3,(H2,11,12). The van der Waals surface area contributed by atoms with E-state index >= 15 is 0 Å². The smallest absolute Gasteiger partial charge is 0.181 e. The minimum Gasteiger partial charge on any atom is -0.375 e. The molecular formula is C10H17N3S2. The summed E-state index contributed by atoms with van der Waals surface area (Å²) in [6.45, 7) is 4.78. The zero-order valence-electron chi connectivity index (χ0n) is 8.98. The maximum Gasteiger partial charge on any atom is 0.181 e. The number of anilines is 1. The number of thioether (sulfide) groups is 1. The highest BCUT2D eigenvalue weighted by Crippen LogP contribution is 2.27. The second kappa shape index (κ2) is 5.18. The normalized spacial score (nSPS) is 22.3. The Balaban J connectivity index is 1.70. The number of hydrogen-bond donors (Lipinski definition) is 1. The van der Waals surface area contributed by atoms with E-state index in [4.69, 9.17) is 5.73 Å². The van der Waals surface area contributed by atoms with E-state index in [1.54, 1.807) is 11.3 Å². The van der Waals surface area contributed by atoms with Crippen molar-refractivity contribution in [3.8, 4) is 0 Å². The van der Waals surface area contributed by atoms with Gasteiger partial charge >= 0.3 is 0 Å². The zero-order chi connectivity index (χ0) is 10.7. The van der Waals surface area contributed by atoms with Gasteiger partial charge in [-0.1, -0.05) is 11.3 Å². The van der Waals surface area contributed by atoms with Gasteiger partial charge in [-0.25, -0.2) is 4.98 Å². The van der Waals surface area contributed by atoms with Gasteiger partial charge in [0.05, 0.1) is 10.4 Å². The third kappa shape index (κ3) is 3.09. The van der Waals surface area contributed by atoms with Crippen LogP contribution in [0.3, 0.4) is 0 Å². The summed E-state index contributed by atoms with van der Waals surface area (Å²) in [6.07, 6.45) is 4.59. The summed E-state index contributed by atoms with van der Waals surface area (Å²) in [4.78, 5) is 6.61. The fraction of sp³-hybridized carbons (Fsp3) is 0.700. The molecule has 15 heavy (non-hydrogen) atoms. The van der Waals surface area contributed by atoms with Crippen LogP contribution in [0.2, 0.25) is 0 Å². The van der Waals surface area contributed by atoms with Crippen LogP contribution in [0.25, 0.3) is 0 Å². The van der Waals surface area contributed by atoms with Gasteiger partial charge in [-0.3, -0.25) is 4.90 Å². The average molecular weight is 243 g/mol. The molecule has 2 N–H and O–H groups in total. The molecule has 1 unspecified atom stereocenters. The van der Waals surface area contributed by atoms with Gasteiger partial charge in [0.25, 0.3) is 0 Å². The van der Waals surface area contributed by atoms with Crippen molar-refractivity contribution < 1.29 is 0 Å². The van der Waals surface area contributed by atoms with Gasteiger partial charge in [-0.2, -0.15) is 0 Å². The lowest BCUT2D eigenvalue weighted by atomic mass is 10.2. The first-order chi connectivity index (χ1) is 7.25. The number of nitrogen functional groups attached to an aromatic ring is 1. The molecule has 0 aromatic carbocycles. The molecular weight excluding hydrogens is 226 g/mol. The minimum atomic E-state index is 0.673. The molecule has 2 heterocycles. The predicted molar refractivity (Wildman–Crippen MR) is 67.5 cm³/mol. The van der Waals surface area contributed by atoms with Crippen LogP contribution < -0.4 is 5.73 Å². The molecule has 0 radical (unpaired) electrons. The van der Waals surface area contributed by atoms with E-state index in [0.29, 0.717) is 5.13 Å². The summed E-state index contributed by atoms with van der Waals surface area (Å²) in [5.74, 6) is 1.14. The lowest BCUT2D eigenvalue weighted by molar-refractivity contribution is 0.286. The van der Waals surface area contributed by atoms with E-state index in [0.717, 1.165) is 11.8 Å². The number of nitrogens with two attached hydrogens (primary N) is 1. The Morgan fingerprint density at radius 1 is 1.73 bits per heavy atom. The molecule has 1 aliphatic rings. The Labute approximate surface area is 99.1 Å². The molecule has 1 fully saturated rings. The highest BCUT2D eigenvalue weighted by molar-refractivity contribution is 8.01. The fourth-order valence-corrected chi connectivity index (χ4v) is 3.74. The molecule has 5 heteroatoms. The van der Waals surface area contributed by atoms with Crippen LogP contribution in [0.1, 0.15) is 19.8 Å². The first-order valence-electron chi connectivity index (χ1n) is 5.34. The van der Waals surface area contributed by atoms with Crippen LogP contribution in [0.15, 0.2) is 10.4 Å². The van der Waals surface area contributed by atoms with Crippen LogP contribution in [-0.4, -0.2) is 34.8 Å². The number of likely N-dealkylation sites (tertiary alicyclic amines) is 1. The SMILES string of the molecule is CC1CCCN1CCSc1cnc(N)s1. The van der Waals surface area contributed by atoms with Crippen molar-refractivity contribution >= 4 is 28.2 Å². The Kier molecular flexibility index (Phi) is 3.88. The quantitative estimate of drug-likeness (QED) is 0.824. The summed E-state index contributed by atoms with van der Waals surface area (Å²) in [7, 11) is 0. The van der Waals surface area contributed by atoms with E-state index in [2.05, 4.69) is 16.8 Å². The number of thiazole rings is 1. The second-order valence-corrected chi connectivity index (χ2v) is 6.35. The van der Waals surface area contributed by atoms with Gasteiger partial charge in [0.1, 0.15) is 0 Å². The molecule has 0 amide bonds. The average Bonchev–Trinajstić information content (AvgIpc) is 2.77. The van der Waals surface area contributed by atoms with Crippen molar-refractivity contribution in [3.63, 3.8) is 0 Å². The van der Waals surface area contributed by atoms with Gasteiger partial charge in [0.2, 0.25) is 0 Å². The van der Waals surface area contributed by atoms with Gasteiger partial charge < -0.3 is 5.73 Å². The third-order valence-electron chi connectivity index (χ3n) is 2.82. The molecule has 1 aromatic heterocycles. The monoisotopic (exact) mass is 243 g/mol. The van der Waals surface area contributed by atoms with E-state index in [-0.39, 0.29) is 0 Å². The largest absolute Gasteiger partial charge is 0.375 e. The topological polar surface area (TPSA) is 42.2 Å². The summed E-state index contributed by atoms with van der Waals surface area (Å²) < 4.78 is 1.24. The van der Waals surface area contributed by atoms with Gasteiger partial charge in [-0.15, -0.1) is 11.8 Å². The maximum atomic E-state index is 5.58. The van der Waals surface area contributed by atoms with Crippen LogP contribution in [0, 0.1) is 0 Å². The molecule has 0 saturated carbocycles. The van der Waals surface area contributed by atoms with Crippen molar-refractivity contribution in [2.24, 2.45) is 0 Å². The molecule has 1 aliphatic heterocycles. The number of rotatable bonds is 4. The second-order valence-electron chi connectivity index (χ2n) is 3.89. The first-order valence-corrected chi connectivity index (χ1v) is 7.14. The van der Waals surface area contributed by atoms with Crippen molar-refractivity contribution in [2.75, 3.05) is 24.6 Å². The molecule has 1 atom stereocenters. The van der Waals surface area contributed by atoms with Crippen molar-refractivity contribution in [2.45, 2.75) is 30.0 Å². The van der Waals surface area contributed by atoms with Crippen molar-refractivity contribution in [1.82, 2.24) is 9.88 Å². The Hall–Kier alpha value is -0.260. The summed E-state index contributed by atoms with van der Waals surface area (Å²) in [5.41, 5.74) is 5.58. The summed E-state index contributed by atoms with van der Waals surface area (Å²) >= 11 is 3.45.